The van der Waals surface area contributed by atoms with Gasteiger partial charge in [-0.15, -0.1) is 0 Å². The van der Waals surface area contributed by atoms with Crippen molar-refractivity contribution in [3.8, 4) is 0 Å². The van der Waals surface area contributed by atoms with Crippen LogP contribution in [0.4, 0.5) is 0 Å². The number of hydrogen-bond acceptors (Lipinski definition) is 3. The van der Waals surface area contributed by atoms with Crippen molar-refractivity contribution in [1.82, 2.24) is 10.2 Å². The van der Waals surface area contributed by atoms with Crippen molar-refractivity contribution in [3.63, 3.8) is 0 Å². The van der Waals surface area contributed by atoms with Gasteiger partial charge in [0.25, 0.3) is 0 Å². The van der Waals surface area contributed by atoms with Crippen molar-refractivity contribution in [2.45, 2.75) is 58.5 Å². The minimum Gasteiger partial charge on any atom is -0.395 e. The van der Waals surface area contributed by atoms with Crippen LogP contribution in [0, 0.1) is 5.92 Å². The van der Waals surface area contributed by atoms with Gasteiger partial charge in [0.15, 0.2) is 0 Å². The molecular weight excluding hydrogens is 212 g/mol. The third-order valence-electron chi connectivity index (χ3n) is 3.59. The topological polar surface area (TPSA) is 35.5 Å². The highest BCUT2D eigenvalue weighted by atomic mass is 16.3. The van der Waals surface area contributed by atoms with E-state index in [1.54, 1.807) is 0 Å². The molecule has 1 saturated carbocycles. The highest BCUT2D eigenvalue weighted by Gasteiger charge is 2.25. The first-order valence-corrected chi connectivity index (χ1v) is 7.25. The van der Waals surface area contributed by atoms with E-state index in [1.165, 1.54) is 19.4 Å². The van der Waals surface area contributed by atoms with Crippen LogP contribution in [0.15, 0.2) is 0 Å². The molecule has 0 aromatic heterocycles. The van der Waals surface area contributed by atoms with Crippen LogP contribution >= 0.6 is 0 Å². The quantitative estimate of drug-likeness (QED) is 0.614. The molecule has 3 nitrogen and oxygen atoms in total. The van der Waals surface area contributed by atoms with Crippen LogP contribution in [-0.4, -0.2) is 48.3 Å². The molecule has 0 aromatic rings. The van der Waals surface area contributed by atoms with E-state index >= 15 is 0 Å². The van der Waals surface area contributed by atoms with Crippen molar-refractivity contribution in [3.05, 3.63) is 0 Å². The molecular formula is C14H30N2O. The fourth-order valence-corrected chi connectivity index (χ4v) is 2.12. The summed E-state index contributed by atoms with van der Waals surface area (Å²) in [6, 6.07) is 0.900. The third-order valence-corrected chi connectivity index (χ3v) is 3.59. The molecule has 0 amide bonds. The average molecular weight is 242 g/mol. The third kappa shape index (κ3) is 6.39. The van der Waals surface area contributed by atoms with E-state index in [-0.39, 0.29) is 12.6 Å². The smallest absolute Gasteiger partial charge is 0.0585 e. The molecule has 0 heterocycles. The Morgan fingerprint density at radius 1 is 1.35 bits per heavy atom. The van der Waals surface area contributed by atoms with E-state index in [0.29, 0.717) is 6.04 Å². The summed E-state index contributed by atoms with van der Waals surface area (Å²) < 4.78 is 0. The van der Waals surface area contributed by atoms with Crippen LogP contribution in [0.5, 0.6) is 0 Å². The molecule has 0 aromatic carbocycles. The number of nitrogens with one attached hydrogen (secondary N) is 1. The van der Waals surface area contributed by atoms with Crippen molar-refractivity contribution in [2.75, 3.05) is 26.2 Å². The van der Waals surface area contributed by atoms with Crippen molar-refractivity contribution >= 4 is 0 Å². The Morgan fingerprint density at radius 2 is 2.06 bits per heavy atom. The van der Waals surface area contributed by atoms with E-state index in [1.807, 2.05) is 0 Å². The van der Waals surface area contributed by atoms with Gasteiger partial charge in [-0.05, 0) is 58.5 Å². The minimum atomic E-state index is 0.259. The first-order chi connectivity index (χ1) is 8.17. The normalized spacial score (nSPS) is 18.0. The molecule has 3 heteroatoms. The molecule has 1 rings (SSSR count). The van der Waals surface area contributed by atoms with Gasteiger partial charge in [-0.25, -0.2) is 0 Å². The SMILES string of the molecule is CCCNC(CO)CCN(CC1CC1)C(C)C. The van der Waals surface area contributed by atoms with E-state index in [2.05, 4.69) is 31.0 Å². The predicted octanol–water partition coefficient (Wildman–Crippen LogP) is 1.86. The van der Waals surface area contributed by atoms with E-state index in [9.17, 15) is 5.11 Å². The second-order valence-electron chi connectivity index (χ2n) is 5.65. The van der Waals surface area contributed by atoms with Gasteiger partial charge in [0.2, 0.25) is 0 Å². The van der Waals surface area contributed by atoms with Gasteiger partial charge >= 0.3 is 0 Å². The highest BCUT2D eigenvalue weighted by molar-refractivity contribution is 4.79. The number of aliphatic hydroxyl groups excluding tert-OH is 1. The highest BCUT2D eigenvalue weighted by Crippen LogP contribution is 2.30. The monoisotopic (exact) mass is 242 g/mol. The van der Waals surface area contributed by atoms with E-state index in [4.69, 9.17) is 0 Å². The fourth-order valence-electron chi connectivity index (χ4n) is 2.12. The second-order valence-corrected chi connectivity index (χ2v) is 5.65. The largest absolute Gasteiger partial charge is 0.395 e. The summed E-state index contributed by atoms with van der Waals surface area (Å²) in [6.45, 7) is 10.3. The number of nitrogens with zero attached hydrogens (tertiary/aromatic N) is 1. The molecule has 1 fully saturated rings. The van der Waals surface area contributed by atoms with Crippen LogP contribution < -0.4 is 5.32 Å². The summed E-state index contributed by atoms with van der Waals surface area (Å²) in [6.07, 6.45) is 5.02. The average Bonchev–Trinajstić information content (AvgIpc) is 3.11. The maximum absolute atomic E-state index is 9.32. The van der Waals surface area contributed by atoms with Crippen LogP contribution in [0.1, 0.15) is 46.5 Å². The van der Waals surface area contributed by atoms with Crippen LogP contribution in [0.3, 0.4) is 0 Å². The van der Waals surface area contributed by atoms with Crippen LogP contribution in [0.25, 0.3) is 0 Å². The maximum atomic E-state index is 9.32. The summed E-state index contributed by atoms with van der Waals surface area (Å²) >= 11 is 0. The minimum absolute atomic E-state index is 0.259. The lowest BCUT2D eigenvalue weighted by Gasteiger charge is -2.28. The number of aliphatic hydroxyl groups is 1. The first kappa shape index (κ1) is 14.9. The second kappa shape index (κ2) is 8.06. The van der Waals surface area contributed by atoms with Crippen LogP contribution in [0.2, 0.25) is 0 Å². The summed E-state index contributed by atoms with van der Waals surface area (Å²) in [5, 5.41) is 12.7. The molecule has 102 valence electrons. The summed E-state index contributed by atoms with van der Waals surface area (Å²) in [4.78, 5) is 2.56. The molecule has 0 radical (unpaired) electrons. The van der Waals surface area contributed by atoms with Crippen LogP contribution in [-0.2, 0) is 0 Å². The molecule has 1 atom stereocenters. The van der Waals surface area contributed by atoms with Crippen molar-refractivity contribution in [2.24, 2.45) is 5.92 Å². The Balaban J connectivity index is 2.22. The molecule has 0 bridgehead atoms. The lowest BCUT2D eigenvalue weighted by Crippen LogP contribution is -2.40. The predicted molar refractivity (Wildman–Crippen MR) is 73.2 cm³/mol. The van der Waals surface area contributed by atoms with Crippen molar-refractivity contribution in [1.29, 1.82) is 0 Å². The summed E-state index contributed by atoms with van der Waals surface area (Å²) in [7, 11) is 0. The lowest BCUT2D eigenvalue weighted by molar-refractivity contribution is 0.178. The molecule has 1 aliphatic carbocycles. The van der Waals surface area contributed by atoms with Gasteiger partial charge in [-0.2, -0.15) is 0 Å². The van der Waals surface area contributed by atoms with Gasteiger partial charge in [-0.1, -0.05) is 6.92 Å². The van der Waals surface area contributed by atoms with Gasteiger partial charge in [-0.3, -0.25) is 0 Å². The molecule has 0 saturated heterocycles. The Labute approximate surface area is 107 Å². The zero-order valence-corrected chi connectivity index (χ0v) is 11.8. The Hall–Kier alpha value is -0.120. The van der Waals surface area contributed by atoms with Gasteiger partial charge in [0, 0.05) is 18.6 Å². The first-order valence-electron chi connectivity index (χ1n) is 7.25. The standard InChI is InChI=1S/C14H30N2O/c1-4-8-15-14(11-17)7-9-16(12(2)3)10-13-5-6-13/h12-15,17H,4-11H2,1-3H3. The van der Waals surface area contributed by atoms with Gasteiger partial charge < -0.3 is 15.3 Å². The molecule has 17 heavy (non-hydrogen) atoms. The summed E-state index contributed by atoms with van der Waals surface area (Å²) in [5.74, 6) is 0.952. The lowest BCUT2D eigenvalue weighted by atomic mass is 10.1. The summed E-state index contributed by atoms with van der Waals surface area (Å²) in [5.41, 5.74) is 0. The molecule has 0 aliphatic heterocycles. The molecule has 1 unspecified atom stereocenters. The molecule has 2 N–H and O–H groups in total. The molecule has 0 spiro atoms. The Morgan fingerprint density at radius 3 is 2.53 bits per heavy atom. The maximum Gasteiger partial charge on any atom is 0.0585 e. The van der Waals surface area contributed by atoms with E-state index in [0.717, 1.165) is 31.8 Å². The number of rotatable bonds is 10. The zero-order chi connectivity index (χ0) is 12.7. The van der Waals surface area contributed by atoms with E-state index < -0.39 is 0 Å². The number of hydrogen-bond donors (Lipinski definition) is 2. The van der Waals surface area contributed by atoms with Gasteiger partial charge in [0.1, 0.15) is 0 Å². The fraction of sp³-hybridized carbons (Fsp3) is 1.00. The van der Waals surface area contributed by atoms with Gasteiger partial charge in [0.05, 0.1) is 6.61 Å². The Bertz CT molecular complexity index is 193. The Kier molecular flexibility index (Phi) is 7.09. The zero-order valence-electron chi connectivity index (χ0n) is 11.8. The van der Waals surface area contributed by atoms with Crippen molar-refractivity contribution < 1.29 is 5.11 Å². The molecule has 1 aliphatic rings.